The van der Waals surface area contributed by atoms with Crippen LogP contribution in [-0.2, 0) is 6.42 Å². The second-order valence-electron chi connectivity index (χ2n) is 4.96. The molecule has 0 bridgehead atoms. The lowest BCUT2D eigenvalue weighted by molar-refractivity contribution is 0.540. The molecule has 2 nitrogen and oxygen atoms in total. The Morgan fingerprint density at radius 1 is 1.20 bits per heavy atom. The first-order chi connectivity index (χ1) is 9.74. The van der Waals surface area contributed by atoms with E-state index in [-0.39, 0.29) is 6.04 Å². The van der Waals surface area contributed by atoms with Crippen molar-refractivity contribution in [3.8, 4) is 0 Å². The summed E-state index contributed by atoms with van der Waals surface area (Å²) >= 11 is 1.84. The Kier molecular flexibility index (Phi) is 3.64. The molecule has 0 amide bonds. The smallest absolute Gasteiger partial charge is 0.134 e. The fraction of sp³-hybridized carbons (Fsp3) is 0.294. The molecule has 20 heavy (non-hydrogen) atoms. The van der Waals surface area contributed by atoms with Crippen molar-refractivity contribution in [2.24, 2.45) is 0 Å². The van der Waals surface area contributed by atoms with E-state index in [1.807, 2.05) is 30.5 Å². The van der Waals surface area contributed by atoms with Crippen molar-refractivity contribution in [1.82, 2.24) is 5.32 Å². The van der Waals surface area contributed by atoms with Gasteiger partial charge in [0.15, 0.2) is 0 Å². The van der Waals surface area contributed by atoms with Crippen LogP contribution in [0.1, 0.15) is 34.0 Å². The van der Waals surface area contributed by atoms with Crippen LogP contribution in [0.15, 0.2) is 40.8 Å². The highest BCUT2D eigenvalue weighted by atomic mass is 32.1. The monoisotopic (exact) mass is 285 g/mol. The fourth-order valence-corrected chi connectivity index (χ4v) is 3.73. The van der Waals surface area contributed by atoms with Crippen LogP contribution in [0.3, 0.4) is 0 Å². The number of fused-ring (bicyclic) bond motifs is 1. The van der Waals surface area contributed by atoms with E-state index in [2.05, 4.69) is 43.4 Å². The molecule has 2 heterocycles. The normalized spacial score (nSPS) is 12.9. The summed E-state index contributed by atoms with van der Waals surface area (Å²) in [6, 6.07) is 12.9. The molecule has 3 rings (SSSR count). The first kappa shape index (κ1) is 13.4. The van der Waals surface area contributed by atoms with E-state index in [9.17, 15) is 0 Å². The predicted molar refractivity (Wildman–Crippen MR) is 85.6 cm³/mol. The van der Waals surface area contributed by atoms with E-state index in [1.165, 1.54) is 20.7 Å². The summed E-state index contributed by atoms with van der Waals surface area (Å²) in [7, 11) is 2.01. The predicted octanol–water partition coefficient (Wildman–Crippen LogP) is 4.67. The molecule has 0 saturated carbocycles. The number of nitrogens with one attached hydrogen (secondary N) is 1. The molecule has 1 atom stereocenters. The number of thiophene rings is 1. The lowest BCUT2D eigenvalue weighted by Gasteiger charge is -2.15. The van der Waals surface area contributed by atoms with Gasteiger partial charge >= 0.3 is 0 Å². The number of furan rings is 1. The number of para-hydroxylation sites is 1. The summed E-state index contributed by atoms with van der Waals surface area (Å²) in [5, 5.41) is 4.67. The van der Waals surface area contributed by atoms with Gasteiger partial charge < -0.3 is 9.73 Å². The molecular weight excluding hydrogens is 266 g/mol. The SMILES string of the molecule is CCc1oc2ccccc2c1C(NC)c1ccc(C)s1. The fourth-order valence-electron chi connectivity index (χ4n) is 2.73. The number of hydrogen-bond donors (Lipinski definition) is 1. The van der Waals surface area contributed by atoms with Crippen LogP contribution in [0.4, 0.5) is 0 Å². The minimum atomic E-state index is 0.201. The molecule has 1 N–H and O–H groups in total. The second kappa shape index (κ2) is 5.43. The van der Waals surface area contributed by atoms with Crippen LogP contribution in [0, 0.1) is 6.92 Å². The van der Waals surface area contributed by atoms with Crippen LogP contribution in [0.5, 0.6) is 0 Å². The molecule has 1 aromatic carbocycles. The number of hydrogen-bond acceptors (Lipinski definition) is 3. The minimum Gasteiger partial charge on any atom is -0.461 e. The van der Waals surface area contributed by atoms with Gasteiger partial charge in [-0.25, -0.2) is 0 Å². The molecule has 2 aromatic heterocycles. The molecule has 3 aromatic rings. The third-order valence-corrected chi connectivity index (χ3v) is 4.72. The highest BCUT2D eigenvalue weighted by molar-refractivity contribution is 7.12. The van der Waals surface area contributed by atoms with E-state index in [4.69, 9.17) is 4.42 Å². The Bertz CT molecular complexity index is 726. The number of rotatable bonds is 4. The molecule has 0 aliphatic rings. The van der Waals surface area contributed by atoms with Crippen molar-refractivity contribution < 1.29 is 4.42 Å². The van der Waals surface area contributed by atoms with Gasteiger partial charge in [-0.15, -0.1) is 11.3 Å². The Labute approximate surface area is 123 Å². The van der Waals surface area contributed by atoms with Crippen LogP contribution >= 0.6 is 11.3 Å². The summed E-state index contributed by atoms with van der Waals surface area (Å²) in [5.41, 5.74) is 2.26. The molecule has 0 fully saturated rings. The third-order valence-electron chi connectivity index (χ3n) is 3.65. The topological polar surface area (TPSA) is 25.2 Å². The average molecular weight is 285 g/mol. The third kappa shape index (κ3) is 2.17. The summed E-state index contributed by atoms with van der Waals surface area (Å²) in [5.74, 6) is 1.08. The molecule has 0 aliphatic carbocycles. The van der Waals surface area contributed by atoms with E-state index in [0.29, 0.717) is 0 Å². The van der Waals surface area contributed by atoms with Gasteiger partial charge in [0, 0.05) is 27.1 Å². The standard InChI is InChI=1S/C17H19NOS/c1-4-13-16(12-7-5-6-8-14(12)19-13)17(18-3)15-10-9-11(2)20-15/h5-10,17-18H,4H2,1-3H3. The van der Waals surface area contributed by atoms with E-state index in [1.54, 1.807) is 0 Å². The molecular formula is C17H19NOS. The average Bonchev–Trinajstić information content (AvgIpc) is 3.05. The van der Waals surface area contributed by atoms with Gasteiger partial charge in [0.25, 0.3) is 0 Å². The summed E-state index contributed by atoms with van der Waals surface area (Å²) < 4.78 is 6.02. The van der Waals surface area contributed by atoms with Crippen LogP contribution < -0.4 is 5.32 Å². The molecule has 104 valence electrons. The maximum absolute atomic E-state index is 6.02. The van der Waals surface area contributed by atoms with Crippen molar-refractivity contribution in [1.29, 1.82) is 0 Å². The van der Waals surface area contributed by atoms with Gasteiger partial charge in [0.2, 0.25) is 0 Å². The van der Waals surface area contributed by atoms with Crippen LogP contribution in [0.25, 0.3) is 11.0 Å². The zero-order valence-electron chi connectivity index (χ0n) is 12.1. The molecule has 0 radical (unpaired) electrons. The Morgan fingerprint density at radius 3 is 2.65 bits per heavy atom. The van der Waals surface area contributed by atoms with Crippen molar-refractivity contribution in [2.75, 3.05) is 7.05 Å². The minimum absolute atomic E-state index is 0.201. The Hall–Kier alpha value is -1.58. The Morgan fingerprint density at radius 2 is 2.00 bits per heavy atom. The zero-order valence-corrected chi connectivity index (χ0v) is 12.9. The molecule has 1 unspecified atom stereocenters. The highest BCUT2D eigenvalue weighted by Gasteiger charge is 2.22. The molecule has 0 spiro atoms. The van der Waals surface area contributed by atoms with Crippen molar-refractivity contribution in [3.63, 3.8) is 0 Å². The van der Waals surface area contributed by atoms with Crippen LogP contribution in [-0.4, -0.2) is 7.05 Å². The quantitative estimate of drug-likeness (QED) is 0.753. The van der Waals surface area contributed by atoms with E-state index in [0.717, 1.165) is 17.8 Å². The highest BCUT2D eigenvalue weighted by Crippen LogP contribution is 2.36. The molecule has 3 heteroatoms. The summed E-state index contributed by atoms with van der Waals surface area (Å²) in [6.07, 6.45) is 0.909. The van der Waals surface area contributed by atoms with Gasteiger partial charge in [-0.05, 0) is 32.2 Å². The summed E-state index contributed by atoms with van der Waals surface area (Å²) in [4.78, 5) is 2.68. The second-order valence-corrected chi connectivity index (χ2v) is 6.28. The van der Waals surface area contributed by atoms with Gasteiger partial charge in [-0.3, -0.25) is 0 Å². The molecule has 0 saturated heterocycles. The summed E-state index contributed by atoms with van der Waals surface area (Å²) in [6.45, 7) is 4.29. The van der Waals surface area contributed by atoms with Crippen molar-refractivity contribution in [2.45, 2.75) is 26.3 Å². The number of benzene rings is 1. The van der Waals surface area contributed by atoms with Crippen molar-refractivity contribution >= 4 is 22.3 Å². The first-order valence-corrected chi connectivity index (χ1v) is 7.80. The first-order valence-electron chi connectivity index (χ1n) is 6.98. The Balaban J connectivity index is 2.20. The largest absolute Gasteiger partial charge is 0.461 e. The van der Waals surface area contributed by atoms with E-state index < -0.39 is 0 Å². The van der Waals surface area contributed by atoms with E-state index >= 15 is 0 Å². The maximum atomic E-state index is 6.02. The lowest BCUT2D eigenvalue weighted by atomic mass is 10.0. The van der Waals surface area contributed by atoms with Crippen molar-refractivity contribution in [3.05, 3.63) is 57.5 Å². The lowest BCUT2D eigenvalue weighted by Crippen LogP contribution is -2.17. The maximum Gasteiger partial charge on any atom is 0.134 e. The van der Waals surface area contributed by atoms with Crippen LogP contribution in [0.2, 0.25) is 0 Å². The number of aryl methyl sites for hydroxylation is 2. The van der Waals surface area contributed by atoms with Gasteiger partial charge in [-0.1, -0.05) is 25.1 Å². The van der Waals surface area contributed by atoms with Gasteiger partial charge in [0.1, 0.15) is 11.3 Å². The zero-order chi connectivity index (χ0) is 14.1. The van der Waals surface area contributed by atoms with Gasteiger partial charge in [0.05, 0.1) is 6.04 Å². The molecule has 0 aliphatic heterocycles. The van der Waals surface area contributed by atoms with Gasteiger partial charge in [-0.2, -0.15) is 0 Å².